The predicted octanol–water partition coefficient (Wildman–Crippen LogP) is 3.14. The largest absolute Gasteiger partial charge is 0.482 e. The van der Waals surface area contributed by atoms with Gasteiger partial charge >= 0.3 is 0 Å². The minimum atomic E-state index is -0.0927. The Kier molecular flexibility index (Phi) is 5.03. The Morgan fingerprint density at radius 2 is 2.04 bits per heavy atom. The average molecular weight is 338 g/mol. The predicted molar refractivity (Wildman–Crippen MR) is 96.8 cm³/mol. The normalized spacial score (nSPS) is 14.5. The first-order valence-corrected chi connectivity index (χ1v) is 8.50. The fraction of sp³-hybridized carbons (Fsp3) is 0.300. The van der Waals surface area contributed by atoms with Crippen molar-refractivity contribution < 1.29 is 14.3 Å². The average Bonchev–Trinajstić information content (AvgIpc) is 2.64. The van der Waals surface area contributed by atoms with Crippen LogP contribution in [0.25, 0.3) is 0 Å². The SMILES string of the molecule is CC[C@H](C)NC(=O)c1cccc(CN2C(=O)COc3ccccc32)c1. The number of hydrogen-bond acceptors (Lipinski definition) is 3. The molecule has 0 unspecified atom stereocenters. The van der Waals surface area contributed by atoms with Gasteiger partial charge < -0.3 is 15.0 Å². The lowest BCUT2D eigenvalue weighted by molar-refractivity contribution is -0.121. The summed E-state index contributed by atoms with van der Waals surface area (Å²) in [6, 6.07) is 15.0. The van der Waals surface area contributed by atoms with E-state index in [0.717, 1.165) is 17.7 Å². The van der Waals surface area contributed by atoms with Crippen LogP contribution < -0.4 is 15.0 Å². The van der Waals surface area contributed by atoms with Crippen LogP contribution in [-0.2, 0) is 11.3 Å². The molecule has 130 valence electrons. The molecule has 0 radical (unpaired) electrons. The number of amides is 2. The van der Waals surface area contributed by atoms with Gasteiger partial charge in [-0.15, -0.1) is 0 Å². The van der Waals surface area contributed by atoms with Crippen molar-refractivity contribution in [2.45, 2.75) is 32.9 Å². The molecule has 0 bridgehead atoms. The monoisotopic (exact) mass is 338 g/mol. The van der Waals surface area contributed by atoms with Crippen LogP contribution in [0.15, 0.2) is 48.5 Å². The van der Waals surface area contributed by atoms with E-state index >= 15 is 0 Å². The van der Waals surface area contributed by atoms with E-state index < -0.39 is 0 Å². The van der Waals surface area contributed by atoms with Crippen LogP contribution in [0.4, 0.5) is 5.69 Å². The van der Waals surface area contributed by atoms with E-state index in [2.05, 4.69) is 5.32 Å². The van der Waals surface area contributed by atoms with Crippen molar-refractivity contribution in [1.29, 1.82) is 0 Å². The lowest BCUT2D eigenvalue weighted by Gasteiger charge is -2.29. The zero-order chi connectivity index (χ0) is 17.8. The molecule has 0 saturated heterocycles. The summed E-state index contributed by atoms with van der Waals surface area (Å²) in [4.78, 5) is 26.3. The number of carbonyl (C=O) groups excluding carboxylic acids is 2. The summed E-state index contributed by atoms with van der Waals surface area (Å²) in [6.45, 7) is 4.45. The van der Waals surface area contributed by atoms with Crippen LogP contribution in [0.3, 0.4) is 0 Å². The standard InChI is InChI=1S/C20H22N2O3/c1-3-14(2)21-20(24)16-8-6-7-15(11-16)12-22-17-9-4-5-10-18(17)25-13-19(22)23/h4-11,14H,3,12-13H2,1-2H3,(H,21,24)/t14-/m0/s1. The number of nitrogens with zero attached hydrogens (tertiary/aromatic N) is 1. The lowest BCUT2D eigenvalue weighted by Crippen LogP contribution is -2.38. The van der Waals surface area contributed by atoms with E-state index in [4.69, 9.17) is 4.74 Å². The molecular weight excluding hydrogens is 316 g/mol. The van der Waals surface area contributed by atoms with Crippen molar-refractivity contribution in [1.82, 2.24) is 5.32 Å². The van der Waals surface area contributed by atoms with E-state index in [1.165, 1.54) is 0 Å². The molecule has 2 aromatic rings. The third-order valence-corrected chi connectivity index (χ3v) is 4.33. The first-order valence-electron chi connectivity index (χ1n) is 8.50. The van der Waals surface area contributed by atoms with Crippen molar-refractivity contribution in [3.8, 4) is 5.75 Å². The number of ether oxygens (including phenoxy) is 1. The van der Waals surface area contributed by atoms with Gasteiger partial charge in [0.1, 0.15) is 5.75 Å². The highest BCUT2D eigenvalue weighted by molar-refractivity contribution is 5.98. The highest BCUT2D eigenvalue weighted by atomic mass is 16.5. The second-order valence-electron chi connectivity index (χ2n) is 6.22. The van der Waals surface area contributed by atoms with Crippen molar-refractivity contribution in [3.63, 3.8) is 0 Å². The van der Waals surface area contributed by atoms with Gasteiger partial charge in [0.15, 0.2) is 6.61 Å². The Bertz CT molecular complexity index is 788. The Balaban J connectivity index is 1.81. The fourth-order valence-corrected chi connectivity index (χ4v) is 2.73. The minimum Gasteiger partial charge on any atom is -0.482 e. The van der Waals surface area contributed by atoms with Crippen LogP contribution in [0.1, 0.15) is 36.2 Å². The minimum absolute atomic E-state index is 0.0329. The van der Waals surface area contributed by atoms with Crippen LogP contribution in [0, 0.1) is 0 Å². The second-order valence-corrected chi connectivity index (χ2v) is 6.22. The number of fused-ring (bicyclic) bond motifs is 1. The zero-order valence-corrected chi connectivity index (χ0v) is 14.5. The number of anilines is 1. The molecule has 2 amide bonds. The summed E-state index contributed by atoms with van der Waals surface area (Å²) in [6.07, 6.45) is 0.879. The van der Waals surface area contributed by atoms with Gasteiger partial charge in [-0.25, -0.2) is 0 Å². The van der Waals surface area contributed by atoms with Gasteiger partial charge in [-0.05, 0) is 43.2 Å². The van der Waals surface area contributed by atoms with Crippen LogP contribution in [0.5, 0.6) is 5.75 Å². The molecule has 0 aromatic heterocycles. The summed E-state index contributed by atoms with van der Waals surface area (Å²) < 4.78 is 5.47. The first-order chi connectivity index (χ1) is 12.1. The lowest BCUT2D eigenvalue weighted by atomic mass is 10.1. The van der Waals surface area contributed by atoms with Gasteiger partial charge in [-0.1, -0.05) is 31.2 Å². The summed E-state index contributed by atoms with van der Waals surface area (Å²) >= 11 is 0. The van der Waals surface area contributed by atoms with Crippen LogP contribution in [-0.4, -0.2) is 24.5 Å². The van der Waals surface area contributed by atoms with E-state index in [-0.39, 0.29) is 24.5 Å². The van der Waals surface area contributed by atoms with Crippen LogP contribution in [0.2, 0.25) is 0 Å². The van der Waals surface area contributed by atoms with Crippen molar-refractivity contribution >= 4 is 17.5 Å². The summed E-state index contributed by atoms with van der Waals surface area (Å²) in [5.74, 6) is 0.519. The molecule has 25 heavy (non-hydrogen) atoms. The smallest absolute Gasteiger partial charge is 0.265 e. The van der Waals surface area contributed by atoms with Gasteiger partial charge in [0.25, 0.3) is 11.8 Å². The number of nitrogens with one attached hydrogen (secondary N) is 1. The Hall–Kier alpha value is -2.82. The molecule has 1 N–H and O–H groups in total. The quantitative estimate of drug-likeness (QED) is 0.911. The molecule has 1 atom stereocenters. The van der Waals surface area contributed by atoms with Gasteiger partial charge in [0.2, 0.25) is 0 Å². The molecule has 0 fully saturated rings. The third-order valence-electron chi connectivity index (χ3n) is 4.33. The first kappa shape index (κ1) is 17.0. The Labute approximate surface area is 147 Å². The highest BCUT2D eigenvalue weighted by Gasteiger charge is 2.25. The fourth-order valence-electron chi connectivity index (χ4n) is 2.73. The number of hydrogen-bond donors (Lipinski definition) is 1. The molecule has 1 heterocycles. The topological polar surface area (TPSA) is 58.6 Å². The molecule has 5 heteroatoms. The maximum atomic E-state index is 12.3. The van der Waals surface area contributed by atoms with Gasteiger partial charge in [0.05, 0.1) is 12.2 Å². The van der Waals surface area contributed by atoms with Crippen molar-refractivity contribution in [2.75, 3.05) is 11.5 Å². The highest BCUT2D eigenvalue weighted by Crippen LogP contribution is 2.32. The summed E-state index contributed by atoms with van der Waals surface area (Å²) in [7, 11) is 0. The molecule has 0 spiro atoms. The van der Waals surface area contributed by atoms with Crippen molar-refractivity contribution in [3.05, 3.63) is 59.7 Å². The molecule has 0 aliphatic carbocycles. The van der Waals surface area contributed by atoms with E-state index in [0.29, 0.717) is 17.9 Å². The molecular formula is C20H22N2O3. The Morgan fingerprint density at radius 1 is 1.24 bits per heavy atom. The molecule has 0 saturated carbocycles. The summed E-state index contributed by atoms with van der Waals surface area (Å²) in [5, 5.41) is 2.96. The van der Waals surface area contributed by atoms with Gasteiger partial charge in [0, 0.05) is 11.6 Å². The number of para-hydroxylation sites is 2. The van der Waals surface area contributed by atoms with Crippen molar-refractivity contribution in [2.24, 2.45) is 0 Å². The van der Waals surface area contributed by atoms with Gasteiger partial charge in [-0.3, -0.25) is 9.59 Å². The Morgan fingerprint density at radius 3 is 2.84 bits per heavy atom. The maximum absolute atomic E-state index is 12.3. The molecule has 3 rings (SSSR count). The molecule has 1 aliphatic rings. The summed E-state index contributed by atoms with van der Waals surface area (Å²) in [5.41, 5.74) is 2.27. The molecule has 5 nitrogen and oxygen atoms in total. The zero-order valence-electron chi connectivity index (χ0n) is 14.5. The number of rotatable bonds is 5. The molecule has 2 aromatic carbocycles. The maximum Gasteiger partial charge on any atom is 0.265 e. The molecule has 1 aliphatic heterocycles. The van der Waals surface area contributed by atoms with E-state index in [9.17, 15) is 9.59 Å². The van der Waals surface area contributed by atoms with E-state index in [1.807, 2.05) is 56.3 Å². The second kappa shape index (κ2) is 7.38. The van der Waals surface area contributed by atoms with Gasteiger partial charge in [-0.2, -0.15) is 0 Å². The van der Waals surface area contributed by atoms with Crippen LogP contribution >= 0.6 is 0 Å². The number of carbonyl (C=O) groups is 2. The number of benzene rings is 2. The third kappa shape index (κ3) is 3.82. The van der Waals surface area contributed by atoms with E-state index in [1.54, 1.807) is 11.0 Å².